The summed E-state index contributed by atoms with van der Waals surface area (Å²) in [6, 6.07) is 0. The van der Waals surface area contributed by atoms with Crippen molar-refractivity contribution in [1.29, 1.82) is 0 Å². The van der Waals surface area contributed by atoms with Crippen molar-refractivity contribution in [2.45, 2.75) is 25.4 Å². The molecule has 5 heteroatoms. The zero-order chi connectivity index (χ0) is 9.31. The molecule has 1 aromatic heterocycles. The molecule has 4 nitrogen and oxygen atoms in total. The van der Waals surface area contributed by atoms with E-state index in [2.05, 4.69) is 15.1 Å². The maximum absolute atomic E-state index is 9.86. The van der Waals surface area contributed by atoms with Crippen molar-refractivity contribution in [3.05, 3.63) is 5.51 Å². The van der Waals surface area contributed by atoms with Crippen molar-refractivity contribution in [1.82, 2.24) is 10.2 Å². The van der Waals surface area contributed by atoms with Gasteiger partial charge in [-0.3, -0.25) is 0 Å². The average Bonchev–Trinajstić information content (AvgIpc) is 2.53. The third-order valence-electron chi connectivity index (χ3n) is 2.29. The van der Waals surface area contributed by atoms with Gasteiger partial charge >= 0.3 is 0 Å². The van der Waals surface area contributed by atoms with Crippen LogP contribution in [0, 0.1) is 0 Å². The Balaban J connectivity index is 2.09. The number of rotatable bonds is 1. The molecule has 0 radical (unpaired) electrons. The first-order valence-corrected chi connectivity index (χ1v) is 5.29. The summed E-state index contributed by atoms with van der Waals surface area (Å²) in [5.41, 5.74) is 1.16. The minimum Gasteiger partial charge on any atom is -0.388 e. The van der Waals surface area contributed by atoms with Crippen molar-refractivity contribution in [2.75, 3.05) is 18.0 Å². The molecule has 2 rings (SSSR count). The van der Waals surface area contributed by atoms with Gasteiger partial charge in [0.15, 0.2) is 0 Å². The summed E-state index contributed by atoms with van der Waals surface area (Å²) in [5.74, 6) is 0. The minimum absolute atomic E-state index is 0.566. The Morgan fingerprint density at radius 1 is 1.69 bits per heavy atom. The van der Waals surface area contributed by atoms with Crippen LogP contribution in [0.15, 0.2) is 5.51 Å². The van der Waals surface area contributed by atoms with Crippen molar-refractivity contribution >= 4 is 16.5 Å². The van der Waals surface area contributed by atoms with Gasteiger partial charge in [-0.05, 0) is 19.8 Å². The summed E-state index contributed by atoms with van der Waals surface area (Å²) in [4.78, 5) is 2.10. The number of hydrogen-bond donors (Lipinski definition) is 1. The van der Waals surface area contributed by atoms with Gasteiger partial charge in [-0.1, -0.05) is 11.3 Å². The Kier molecular flexibility index (Phi) is 2.21. The first kappa shape index (κ1) is 8.90. The Hall–Kier alpha value is -0.680. The Bertz CT molecular complexity index is 273. The van der Waals surface area contributed by atoms with Crippen LogP contribution >= 0.6 is 11.3 Å². The molecule has 0 aromatic carbocycles. The summed E-state index contributed by atoms with van der Waals surface area (Å²) >= 11 is 1.52. The highest BCUT2D eigenvalue weighted by atomic mass is 32.1. The highest BCUT2D eigenvalue weighted by Gasteiger charge is 2.29. The van der Waals surface area contributed by atoms with Crippen LogP contribution in [0.3, 0.4) is 0 Å². The third-order valence-corrected chi connectivity index (χ3v) is 3.04. The molecule has 0 spiro atoms. The number of piperidine rings is 1. The standard InChI is InChI=1S/C8H13N3OS/c1-8(12)3-2-4-11(5-8)7-10-9-6-13-7/h6,12H,2-5H2,1H3. The lowest BCUT2D eigenvalue weighted by atomic mass is 9.96. The van der Waals surface area contributed by atoms with Crippen LogP contribution in [0.2, 0.25) is 0 Å². The van der Waals surface area contributed by atoms with Gasteiger partial charge in [-0.2, -0.15) is 0 Å². The van der Waals surface area contributed by atoms with Crippen LogP contribution in [0.25, 0.3) is 0 Å². The van der Waals surface area contributed by atoms with Crippen molar-refractivity contribution in [3.63, 3.8) is 0 Å². The molecule has 1 aliphatic heterocycles. The lowest BCUT2D eigenvalue weighted by molar-refractivity contribution is 0.0449. The number of β-amino-alcohol motifs (C(OH)–C–C–N with tert-alkyl or cyclic N) is 1. The first-order chi connectivity index (χ1) is 6.17. The van der Waals surface area contributed by atoms with E-state index in [0.717, 1.165) is 24.5 Å². The van der Waals surface area contributed by atoms with E-state index in [1.54, 1.807) is 5.51 Å². The molecule has 1 saturated heterocycles. The topological polar surface area (TPSA) is 49.2 Å². The summed E-state index contributed by atoms with van der Waals surface area (Å²) in [5, 5.41) is 18.6. The normalized spacial score (nSPS) is 29.2. The molecular formula is C8H13N3OS. The van der Waals surface area contributed by atoms with Gasteiger partial charge in [0.05, 0.1) is 5.60 Å². The van der Waals surface area contributed by atoms with Crippen LogP contribution in [0.4, 0.5) is 5.13 Å². The Labute approximate surface area is 81.2 Å². The van der Waals surface area contributed by atoms with Gasteiger partial charge in [0.1, 0.15) is 5.51 Å². The number of anilines is 1. The van der Waals surface area contributed by atoms with Crippen LogP contribution in [-0.2, 0) is 0 Å². The average molecular weight is 199 g/mol. The maximum Gasteiger partial charge on any atom is 0.208 e. The summed E-state index contributed by atoms with van der Waals surface area (Å²) in [7, 11) is 0. The fourth-order valence-electron chi connectivity index (χ4n) is 1.69. The molecule has 1 atom stereocenters. The number of aromatic nitrogens is 2. The molecule has 1 aromatic rings. The minimum atomic E-state index is -0.566. The molecule has 0 saturated carbocycles. The van der Waals surface area contributed by atoms with Crippen molar-refractivity contribution in [3.8, 4) is 0 Å². The van der Waals surface area contributed by atoms with E-state index >= 15 is 0 Å². The fraction of sp³-hybridized carbons (Fsp3) is 0.750. The van der Waals surface area contributed by atoms with Gasteiger partial charge in [-0.25, -0.2) is 0 Å². The zero-order valence-corrected chi connectivity index (χ0v) is 8.42. The summed E-state index contributed by atoms with van der Waals surface area (Å²) < 4.78 is 0. The van der Waals surface area contributed by atoms with Crippen molar-refractivity contribution in [2.24, 2.45) is 0 Å². The smallest absolute Gasteiger partial charge is 0.208 e. The van der Waals surface area contributed by atoms with Crippen molar-refractivity contribution < 1.29 is 5.11 Å². The van der Waals surface area contributed by atoms with E-state index in [4.69, 9.17) is 0 Å². The SMILES string of the molecule is CC1(O)CCCN(c2nncs2)C1. The third kappa shape index (κ3) is 1.97. The van der Waals surface area contributed by atoms with E-state index in [1.165, 1.54) is 11.3 Å². The zero-order valence-electron chi connectivity index (χ0n) is 7.60. The second kappa shape index (κ2) is 3.23. The lowest BCUT2D eigenvalue weighted by Crippen LogP contribution is -2.46. The van der Waals surface area contributed by atoms with E-state index in [-0.39, 0.29) is 0 Å². The molecule has 2 heterocycles. The number of aliphatic hydroxyl groups is 1. The molecule has 1 aliphatic rings. The molecule has 0 amide bonds. The van der Waals surface area contributed by atoms with Crippen LogP contribution < -0.4 is 4.90 Å². The molecule has 1 unspecified atom stereocenters. The van der Waals surface area contributed by atoms with Crippen LogP contribution in [-0.4, -0.2) is 34.0 Å². The molecule has 0 bridgehead atoms. The largest absolute Gasteiger partial charge is 0.388 e. The maximum atomic E-state index is 9.86. The van der Waals surface area contributed by atoms with Gasteiger partial charge in [0.25, 0.3) is 0 Å². The molecule has 13 heavy (non-hydrogen) atoms. The predicted octanol–water partition coefficient (Wildman–Crippen LogP) is 0.889. The highest BCUT2D eigenvalue weighted by Crippen LogP contribution is 2.25. The molecular weight excluding hydrogens is 186 g/mol. The molecule has 1 fully saturated rings. The quantitative estimate of drug-likeness (QED) is 0.729. The van der Waals surface area contributed by atoms with Gasteiger partial charge in [0.2, 0.25) is 5.13 Å². The van der Waals surface area contributed by atoms with Gasteiger partial charge in [-0.15, -0.1) is 10.2 Å². The Morgan fingerprint density at radius 2 is 2.54 bits per heavy atom. The van der Waals surface area contributed by atoms with Crippen LogP contribution in [0.1, 0.15) is 19.8 Å². The summed E-state index contributed by atoms with van der Waals surface area (Å²) in [6.45, 7) is 3.52. The second-order valence-electron chi connectivity index (χ2n) is 3.74. The first-order valence-electron chi connectivity index (χ1n) is 4.41. The van der Waals surface area contributed by atoms with E-state index in [9.17, 15) is 5.11 Å². The van der Waals surface area contributed by atoms with E-state index in [1.807, 2.05) is 6.92 Å². The predicted molar refractivity (Wildman–Crippen MR) is 52.0 cm³/mol. The van der Waals surface area contributed by atoms with Gasteiger partial charge < -0.3 is 10.0 Å². The molecule has 72 valence electrons. The highest BCUT2D eigenvalue weighted by molar-refractivity contribution is 7.13. The number of hydrogen-bond acceptors (Lipinski definition) is 5. The lowest BCUT2D eigenvalue weighted by Gasteiger charge is -2.36. The van der Waals surface area contributed by atoms with Crippen LogP contribution in [0.5, 0.6) is 0 Å². The monoisotopic (exact) mass is 199 g/mol. The van der Waals surface area contributed by atoms with E-state index in [0.29, 0.717) is 6.54 Å². The molecule has 0 aliphatic carbocycles. The van der Waals surface area contributed by atoms with Gasteiger partial charge in [0, 0.05) is 13.1 Å². The fourth-order valence-corrected chi connectivity index (χ4v) is 2.28. The van der Waals surface area contributed by atoms with E-state index < -0.39 is 5.60 Å². The molecule has 1 N–H and O–H groups in total. The summed E-state index contributed by atoms with van der Waals surface area (Å²) in [6.07, 6.45) is 1.90. The number of nitrogens with zero attached hydrogens (tertiary/aromatic N) is 3. The second-order valence-corrected chi connectivity index (χ2v) is 4.56. The Morgan fingerprint density at radius 3 is 3.15 bits per heavy atom.